The molecule has 1 saturated heterocycles. The van der Waals surface area contributed by atoms with E-state index in [9.17, 15) is 13.2 Å². The number of aliphatic imine (C=N–C) groups is 1. The average molecular weight is 583 g/mol. The van der Waals surface area contributed by atoms with Crippen LogP contribution >= 0.6 is 0 Å². The zero-order valence-electron chi connectivity index (χ0n) is 24.2. The number of halogens is 3. The standard InChI is InChI=1S/C34H33F3N6/c1-3-40-32(33-41-30-16-27(38)10-11-28(31(30)42-33)23-6-8-26(35)9-7-23)29-15-24(5-4-21(29)2)25-14-22(17-39-18-25)19-43-13-12-34(36,37)20-43/h4-11,14-15,17-18H,3,12-13,16,19-20,38H2,1-2H3,(H,41,42). The molecule has 0 radical (unpaired) electrons. The third kappa shape index (κ3) is 6.17. The average Bonchev–Trinajstić information content (AvgIpc) is 3.50. The Balaban J connectivity index is 1.35. The summed E-state index contributed by atoms with van der Waals surface area (Å²) in [6.45, 7) is 5.13. The van der Waals surface area contributed by atoms with E-state index < -0.39 is 5.92 Å². The zero-order valence-corrected chi connectivity index (χ0v) is 24.2. The van der Waals surface area contributed by atoms with Crippen LogP contribution in [0, 0.1) is 12.7 Å². The molecule has 9 heteroatoms. The Hall–Kier alpha value is -4.50. The molecule has 0 spiro atoms. The number of hydrogen-bond donors (Lipinski definition) is 2. The highest BCUT2D eigenvalue weighted by atomic mass is 19.3. The first-order chi connectivity index (χ1) is 20.7. The van der Waals surface area contributed by atoms with E-state index in [2.05, 4.69) is 16.0 Å². The number of aromatic amines is 1. The summed E-state index contributed by atoms with van der Waals surface area (Å²) in [6.07, 6.45) is 7.69. The molecule has 1 fully saturated rings. The van der Waals surface area contributed by atoms with Crippen LogP contribution in [0.2, 0.25) is 0 Å². The Morgan fingerprint density at radius 1 is 1.05 bits per heavy atom. The van der Waals surface area contributed by atoms with Crippen molar-refractivity contribution in [2.75, 3.05) is 19.6 Å². The van der Waals surface area contributed by atoms with Crippen LogP contribution in [-0.4, -0.2) is 51.1 Å². The lowest BCUT2D eigenvalue weighted by Crippen LogP contribution is -2.24. The first-order valence-corrected chi connectivity index (χ1v) is 14.4. The Labute approximate surface area is 248 Å². The van der Waals surface area contributed by atoms with Crippen molar-refractivity contribution in [3.05, 3.63) is 124 Å². The van der Waals surface area contributed by atoms with Gasteiger partial charge in [0.15, 0.2) is 5.82 Å². The molecular formula is C34H33F3N6. The molecule has 0 unspecified atom stereocenters. The molecule has 220 valence electrons. The third-order valence-electron chi connectivity index (χ3n) is 7.85. The molecule has 2 aromatic carbocycles. The van der Waals surface area contributed by atoms with Crippen LogP contribution in [0.1, 0.15) is 52.8 Å². The van der Waals surface area contributed by atoms with Gasteiger partial charge in [-0.15, -0.1) is 0 Å². The number of hydrogen-bond acceptors (Lipinski definition) is 5. The number of nitrogens with zero attached hydrogens (tertiary/aromatic N) is 4. The molecule has 4 aromatic rings. The number of likely N-dealkylation sites (tertiary alicyclic amines) is 1. The Morgan fingerprint density at radius 3 is 2.58 bits per heavy atom. The van der Waals surface area contributed by atoms with Crippen molar-refractivity contribution in [3.63, 3.8) is 0 Å². The summed E-state index contributed by atoms with van der Waals surface area (Å²) in [5.41, 5.74) is 15.7. The number of rotatable bonds is 7. The van der Waals surface area contributed by atoms with Crippen LogP contribution < -0.4 is 5.73 Å². The van der Waals surface area contributed by atoms with Crippen molar-refractivity contribution < 1.29 is 13.2 Å². The number of aromatic nitrogens is 3. The van der Waals surface area contributed by atoms with Gasteiger partial charge in [-0.2, -0.15) is 0 Å². The van der Waals surface area contributed by atoms with Gasteiger partial charge in [-0.05, 0) is 66.4 Å². The first-order valence-electron chi connectivity index (χ1n) is 14.4. The van der Waals surface area contributed by atoms with E-state index in [1.165, 1.54) is 12.1 Å². The van der Waals surface area contributed by atoms with E-state index in [1.807, 2.05) is 44.2 Å². The largest absolute Gasteiger partial charge is 0.402 e. The van der Waals surface area contributed by atoms with Crippen molar-refractivity contribution in [2.45, 2.75) is 39.2 Å². The normalized spacial score (nSPS) is 16.9. The molecule has 1 aliphatic carbocycles. The molecule has 0 amide bonds. The molecule has 0 saturated carbocycles. The van der Waals surface area contributed by atoms with Gasteiger partial charge < -0.3 is 10.7 Å². The highest BCUT2D eigenvalue weighted by Crippen LogP contribution is 2.32. The summed E-state index contributed by atoms with van der Waals surface area (Å²) in [5, 5.41) is 0. The van der Waals surface area contributed by atoms with Crippen molar-refractivity contribution in [1.82, 2.24) is 19.9 Å². The van der Waals surface area contributed by atoms with Gasteiger partial charge >= 0.3 is 0 Å². The van der Waals surface area contributed by atoms with Gasteiger partial charge in [0.1, 0.15) is 11.5 Å². The highest BCUT2D eigenvalue weighted by molar-refractivity contribution is 6.12. The fourth-order valence-corrected chi connectivity index (χ4v) is 5.70. The molecule has 2 aliphatic rings. The molecule has 2 aromatic heterocycles. The number of imidazole rings is 1. The van der Waals surface area contributed by atoms with Crippen LogP contribution in [0.5, 0.6) is 0 Å². The number of nitrogens with two attached hydrogens (primary N) is 1. The lowest BCUT2D eigenvalue weighted by Gasteiger charge is -2.16. The molecular weight excluding hydrogens is 549 g/mol. The molecule has 1 aliphatic heterocycles. The predicted molar refractivity (Wildman–Crippen MR) is 163 cm³/mol. The lowest BCUT2D eigenvalue weighted by atomic mass is 9.96. The van der Waals surface area contributed by atoms with Gasteiger partial charge in [-0.1, -0.05) is 30.3 Å². The van der Waals surface area contributed by atoms with Gasteiger partial charge in [0.2, 0.25) is 0 Å². The summed E-state index contributed by atoms with van der Waals surface area (Å²) in [7, 11) is 0. The first kappa shape index (κ1) is 28.6. The van der Waals surface area contributed by atoms with E-state index >= 15 is 0 Å². The molecule has 0 atom stereocenters. The molecule has 6 nitrogen and oxygen atoms in total. The summed E-state index contributed by atoms with van der Waals surface area (Å²) in [5.74, 6) is -2.31. The van der Waals surface area contributed by atoms with E-state index in [1.54, 1.807) is 29.4 Å². The van der Waals surface area contributed by atoms with E-state index in [0.717, 1.165) is 56.1 Å². The minimum Gasteiger partial charge on any atom is -0.402 e. The number of aryl methyl sites for hydroxylation is 1. The second kappa shape index (κ2) is 11.6. The third-order valence-corrected chi connectivity index (χ3v) is 7.85. The van der Waals surface area contributed by atoms with Crippen molar-refractivity contribution in [3.8, 4) is 11.1 Å². The molecule has 6 rings (SSSR count). The fraction of sp³-hybridized carbons (Fsp3) is 0.265. The second-order valence-corrected chi connectivity index (χ2v) is 11.2. The number of benzene rings is 2. The fourth-order valence-electron chi connectivity index (χ4n) is 5.70. The van der Waals surface area contributed by atoms with Crippen LogP contribution in [0.3, 0.4) is 0 Å². The number of nitrogens with one attached hydrogen (secondary N) is 1. The van der Waals surface area contributed by atoms with Gasteiger partial charge in [0.25, 0.3) is 5.92 Å². The monoisotopic (exact) mass is 582 g/mol. The topological polar surface area (TPSA) is 83.2 Å². The van der Waals surface area contributed by atoms with Crippen LogP contribution in [-0.2, 0) is 13.0 Å². The summed E-state index contributed by atoms with van der Waals surface area (Å²) < 4.78 is 41.2. The number of alkyl halides is 2. The van der Waals surface area contributed by atoms with Crippen LogP contribution in [0.15, 0.2) is 83.8 Å². The SMILES string of the molecule is CCN=C(c1nc2c([nH]1)CC(N)=CC=C2c1ccc(F)cc1)c1cc(-c2cncc(CN3CCC(F)(F)C3)c2)ccc1C. The minimum atomic E-state index is -2.63. The maximum Gasteiger partial charge on any atom is 0.261 e. The minimum absolute atomic E-state index is 0.110. The maximum absolute atomic E-state index is 13.7. The van der Waals surface area contributed by atoms with E-state index in [4.69, 9.17) is 15.7 Å². The quantitative estimate of drug-likeness (QED) is 0.246. The summed E-state index contributed by atoms with van der Waals surface area (Å²) >= 11 is 0. The molecule has 3 heterocycles. The Kier molecular flexibility index (Phi) is 7.75. The van der Waals surface area contributed by atoms with Crippen LogP contribution in [0.25, 0.3) is 16.7 Å². The molecule has 0 bridgehead atoms. The summed E-state index contributed by atoms with van der Waals surface area (Å²) in [4.78, 5) is 19.6. The van der Waals surface area contributed by atoms with Gasteiger partial charge in [0.05, 0.1) is 12.2 Å². The maximum atomic E-state index is 13.7. The van der Waals surface area contributed by atoms with Crippen molar-refractivity contribution >= 4 is 11.3 Å². The summed E-state index contributed by atoms with van der Waals surface area (Å²) in [6, 6.07) is 14.5. The number of H-pyrrole nitrogens is 1. The van der Waals surface area contributed by atoms with Crippen molar-refractivity contribution in [1.29, 1.82) is 0 Å². The Bertz CT molecular complexity index is 1750. The van der Waals surface area contributed by atoms with E-state index in [-0.39, 0.29) is 18.8 Å². The number of fused-ring (bicyclic) bond motifs is 1. The lowest BCUT2D eigenvalue weighted by molar-refractivity contribution is 0.0115. The highest BCUT2D eigenvalue weighted by Gasteiger charge is 2.38. The van der Waals surface area contributed by atoms with Crippen LogP contribution in [0.4, 0.5) is 13.2 Å². The zero-order chi connectivity index (χ0) is 30.1. The smallest absolute Gasteiger partial charge is 0.261 e. The van der Waals surface area contributed by atoms with Gasteiger partial charge in [-0.25, -0.2) is 18.2 Å². The number of pyridine rings is 1. The number of allylic oxidation sites excluding steroid dienone is 3. The van der Waals surface area contributed by atoms with Crippen molar-refractivity contribution in [2.24, 2.45) is 10.7 Å². The Morgan fingerprint density at radius 2 is 1.84 bits per heavy atom. The molecule has 3 N–H and O–H groups in total. The predicted octanol–water partition coefficient (Wildman–Crippen LogP) is 6.45. The second-order valence-electron chi connectivity index (χ2n) is 11.2. The molecule has 43 heavy (non-hydrogen) atoms. The van der Waals surface area contributed by atoms with Gasteiger partial charge in [-0.3, -0.25) is 14.9 Å². The van der Waals surface area contributed by atoms with Gasteiger partial charge in [0, 0.05) is 73.0 Å². The van der Waals surface area contributed by atoms with E-state index in [0.29, 0.717) is 37.6 Å².